The molecule has 2 fully saturated rings. The Hall–Kier alpha value is -2.71. The fourth-order valence-electron chi connectivity index (χ4n) is 5.61. The van der Waals surface area contributed by atoms with Crippen LogP contribution in [0.2, 0.25) is 5.02 Å². The van der Waals surface area contributed by atoms with E-state index in [0.29, 0.717) is 58.4 Å². The highest BCUT2D eigenvalue weighted by molar-refractivity contribution is 6.33. The van der Waals surface area contributed by atoms with Crippen molar-refractivity contribution in [3.05, 3.63) is 40.2 Å². The summed E-state index contributed by atoms with van der Waals surface area (Å²) in [6.45, 7) is 8.80. The van der Waals surface area contributed by atoms with Gasteiger partial charge in [0.05, 0.1) is 22.4 Å². The van der Waals surface area contributed by atoms with E-state index in [9.17, 15) is 14.3 Å². The van der Waals surface area contributed by atoms with Crippen molar-refractivity contribution in [1.82, 2.24) is 9.97 Å². The van der Waals surface area contributed by atoms with E-state index in [-0.39, 0.29) is 17.8 Å². The number of ether oxygens (including phenoxy) is 1. The summed E-state index contributed by atoms with van der Waals surface area (Å²) < 4.78 is 19.6. The number of nitrogens with zero attached hydrogens (tertiary/aromatic N) is 3. The number of hydrogen-bond donors (Lipinski definition) is 2. The number of carbonyl (C=O) groups is 1. The first-order chi connectivity index (χ1) is 18.0. The smallest absolute Gasteiger partial charge is 0.163 e. The molecule has 0 bridgehead atoms. The molecule has 0 unspecified atom stereocenters. The Morgan fingerprint density at radius 1 is 1.29 bits per heavy atom. The van der Waals surface area contributed by atoms with Crippen LogP contribution in [0.4, 0.5) is 10.2 Å². The van der Waals surface area contributed by atoms with Crippen LogP contribution in [0, 0.1) is 12.3 Å². The lowest BCUT2D eigenvalue weighted by molar-refractivity contribution is -0.111. The summed E-state index contributed by atoms with van der Waals surface area (Å²) in [5.74, 6) is 1.44. The first-order valence-corrected chi connectivity index (χ1v) is 13.8. The molecule has 1 aliphatic carbocycles. The van der Waals surface area contributed by atoms with Gasteiger partial charge in [-0.25, -0.2) is 14.4 Å². The van der Waals surface area contributed by atoms with E-state index in [2.05, 4.69) is 4.90 Å². The zero-order valence-corrected chi connectivity index (χ0v) is 23.4. The average Bonchev–Trinajstić information content (AvgIpc) is 2.84. The van der Waals surface area contributed by atoms with E-state index in [1.807, 2.05) is 13.8 Å². The Labute approximate surface area is 229 Å². The van der Waals surface area contributed by atoms with Crippen molar-refractivity contribution in [3.63, 3.8) is 0 Å². The molecule has 0 amide bonds. The second kappa shape index (κ2) is 11.6. The van der Waals surface area contributed by atoms with E-state index >= 15 is 0 Å². The maximum atomic E-state index is 13.8. The number of ketones is 1. The number of aliphatic hydroxyl groups excluding tert-OH is 1. The van der Waals surface area contributed by atoms with Gasteiger partial charge in [-0.3, -0.25) is 4.79 Å². The molecule has 1 saturated carbocycles. The van der Waals surface area contributed by atoms with Crippen LogP contribution < -0.4 is 15.4 Å². The Balaban J connectivity index is 1.74. The van der Waals surface area contributed by atoms with Crippen LogP contribution in [-0.4, -0.2) is 52.8 Å². The molecule has 9 heteroatoms. The van der Waals surface area contributed by atoms with E-state index < -0.39 is 12.3 Å². The minimum Gasteiger partial charge on any atom is -0.491 e. The summed E-state index contributed by atoms with van der Waals surface area (Å²) in [5, 5.41) is 10.5. The van der Waals surface area contributed by atoms with Crippen LogP contribution in [0.25, 0.3) is 17.0 Å². The van der Waals surface area contributed by atoms with Crippen LogP contribution >= 0.6 is 11.6 Å². The lowest BCUT2D eigenvalue weighted by Gasteiger charge is -2.53. The van der Waals surface area contributed by atoms with Crippen molar-refractivity contribution < 1.29 is 19.0 Å². The molecule has 2 heterocycles. The zero-order chi connectivity index (χ0) is 27.6. The Morgan fingerprint density at radius 2 is 1.97 bits per heavy atom. The Kier molecular flexibility index (Phi) is 8.62. The molecule has 2 aromatic rings. The molecule has 1 aliphatic heterocycles. The molecule has 3 N–H and O–H groups in total. The summed E-state index contributed by atoms with van der Waals surface area (Å²) >= 11 is 6.61. The minimum atomic E-state index is -0.704. The van der Waals surface area contributed by atoms with Crippen molar-refractivity contribution in [3.8, 4) is 17.1 Å². The summed E-state index contributed by atoms with van der Waals surface area (Å²) in [4.78, 5) is 24.5. The molecule has 2 aliphatic rings. The van der Waals surface area contributed by atoms with Gasteiger partial charge in [0.2, 0.25) is 0 Å². The number of alkyl halides is 1. The average molecular weight is 545 g/mol. The molecule has 4 rings (SSSR count). The predicted octanol–water partition coefficient (Wildman–Crippen LogP) is 5.64. The van der Waals surface area contributed by atoms with E-state index in [0.717, 1.165) is 43.7 Å². The Bertz CT molecular complexity index is 1210. The monoisotopic (exact) mass is 544 g/mol. The molecule has 1 spiro atoms. The van der Waals surface area contributed by atoms with Gasteiger partial charge in [-0.15, -0.1) is 0 Å². The third-order valence-electron chi connectivity index (χ3n) is 7.67. The standard InChI is InChI=1S/C29H38ClFN4O3/c1-5-6-21(37)14-38-22-7-8-24(30)23(13-22)27-33-26(25(18(3)32)19(4)36)17(2)28(34-27)35-15-29(16-35)11-9-20(31)10-12-29/h7-8,13,20-21,37H,5-6,9-12,14-16,32H2,1-4H3/t21-/m1/s1. The first kappa shape index (κ1) is 28.3. The first-order valence-electron chi connectivity index (χ1n) is 13.4. The van der Waals surface area contributed by atoms with Crippen LogP contribution in [0.3, 0.4) is 0 Å². The number of rotatable bonds is 9. The molecule has 206 valence electrons. The third kappa shape index (κ3) is 5.96. The fraction of sp³-hybridized carbons (Fsp3) is 0.552. The molecule has 38 heavy (non-hydrogen) atoms. The van der Waals surface area contributed by atoms with Gasteiger partial charge in [0.25, 0.3) is 0 Å². The van der Waals surface area contributed by atoms with Crippen molar-refractivity contribution in [1.29, 1.82) is 0 Å². The molecule has 0 radical (unpaired) electrons. The molecule has 1 aromatic carbocycles. The zero-order valence-electron chi connectivity index (χ0n) is 22.7. The van der Waals surface area contributed by atoms with Gasteiger partial charge in [0.15, 0.2) is 11.6 Å². The number of Topliss-reactive ketones (excluding diaryl/α,β-unsaturated/α-hetero) is 1. The van der Waals surface area contributed by atoms with Crippen LogP contribution in [0.1, 0.15) is 70.6 Å². The summed E-state index contributed by atoms with van der Waals surface area (Å²) in [5.41, 5.74) is 8.79. The van der Waals surface area contributed by atoms with E-state index in [1.165, 1.54) is 6.92 Å². The highest BCUT2D eigenvalue weighted by Crippen LogP contribution is 2.47. The number of halogens is 2. The molecular formula is C29H38ClFN4O3. The summed E-state index contributed by atoms with van der Waals surface area (Å²) in [6.07, 6.45) is 3.18. The number of nitrogens with two attached hydrogens (primary N) is 1. The maximum absolute atomic E-state index is 13.8. The fourth-order valence-corrected chi connectivity index (χ4v) is 5.81. The van der Waals surface area contributed by atoms with Gasteiger partial charge in [-0.1, -0.05) is 24.9 Å². The van der Waals surface area contributed by atoms with Crippen molar-refractivity contribution in [2.75, 3.05) is 24.6 Å². The van der Waals surface area contributed by atoms with Crippen LogP contribution in [0.15, 0.2) is 23.9 Å². The normalized spacial score (nSPS) is 18.7. The highest BCUT2D eigenvalue weighted by atomic mass is 35.5. The van der Waals surface area contributed by atoms with Crippen molar-refractivity contribution >= 4 is 28.8 Å². The molecular weight excluding hydrogens is 507 g/mol. The quantitative estimate of drug-likeness (QED) is 0.394. The number of hydrogen-bond acceptors (Lipinski definition) is 7. The van der Waals surface area contributed by atoms with E-state index in [1.54, 1.807) is 25.1 Å². The number of carbonyl (C=O) groups excluding carboxylic acids is 1. The van der Waals surface area contributed by atoms with Gasteiger partial charge in [0, 0.05) is 35.3 Å². The van der Waals surface area contributed by atoms with E-state index in [4.69, 9.17) is 32.0 Å². The SMILES string of the molecule is CCC[C@@H](O)COc1ccc(Cl)c(-c2nc(C(C(C)=O)=C(C)N)c(C)c(N3CC4(CCC(F)CC4)C3)n2)c1. The maximum Gasteiger partial charge on any atom is 0.163 e. The number of anilines is 1. The van der Waals surface area contributed by atoms with Gasteiger partial charge in [-0.05, 0) is 71.1 Å². The van der Waals surface area contributed by atoms with Crippen molar-refractivity contribution in [2.24, 2.45) is 11.1 Å². The van der Waals surface area contributed by atoms with Gasteiger partial charge in [0.1, 0.15) is 24.3 Å². The minimum absolute atomic E-state index is 0.105. The van der Waals surface area contributed by atoms with Crippen LogP contribution in [-0.2, 0) is 4.79 Å². The summed E-state index contributed by atoms with van der Waals surface area (Å²) in [6, 6.07) is 5.21. The third-order valence-corrected chi connectivity index (χ3v) is 8.00. The highest BCUT2D eigenvalue weighted by Gasteiger charge is 2.46. The molecule has 1 saturated heterocycles. The number of benzene rings is 1. The molecule has 1 aromatic heterocycles. The number of allylic oxidation sites excluding steroid dienone is 2. The lowest BCUT2D eigenvalue weighted by atomic mass is 9.68. The van der Waals surface area contributed by atoms with Gasteiger partial charge < -0.3 is 20.5 Å². The van der Waals surface area contributed by atoms with Gasteiger partial charge >= 0.3 is 0 Å². The predicted molar refractivity (Wildman–Crippen MR) is 149 cm³/mol. The molecule has 7 nitrogen and oxygen atoms in total. The lowest BCUT2D eigenvalue weighted by Crippen LogP contribution is -2.58. The number of aliphatic hydroxyl groups is 1. The molecule has 1 atom stereocenters. The summed E-state index contributed by atoms with van der Waals surface area (Å²) in [7, 11) is 0. The topological polar surface area (TPSA) is 102 Å². The number of aromatic nitrogens is 2. The second-order valence-electron chi connectivity index (χ2n) is 10.9. The largest absolute Gasteiger partial charge is 0.491 e. The Morgan fingerprint density at radius 3 is 2.58 bits per heavy atom. The van der Waals surface area contributed by atoms with Gasteiger partial charge in [-0.2, -0.15) is 0 Å². The second-order valence-corrected chi connectivity index (χ2v) is 11.3. The van der Waals surface area contributed by atoms with Crippen LogP contribution in [0.5, 0.6) is 5.75 Å². The van der Waals surface area contributed by atoms with Crippen molar-refractivity contribution in [2.45, 2.75) is 78.5 Å².